The normalized spacial score (nSPS) is 22.5. The van der Waals surface area contributed by atoms with Gasteiger partial charge in [-0.15, -0.1) is 0 Å². The molecule has 0 spiro atoms. The lowest BCUT2D eigenvalue weighted by Gasteiger charge is -2.18. The molecule has 44 heavy (non-hydrogen) atoms. The molecule has 1 saturated carbocycles. The zero-order valence-corrected chi connectivity index (χ0v) is 25.6. The SMILES string of the molecule is CCCC(OC(=O)c1cc(-c2ccc(N3C(=O)C4C5C=CC(C5)C4C3=O)cc2)nc2ccc(Br)cc12)C(=O)c1ccccc1. The fraction of sp³-hybridized carbons (Fsp3) is 0.250. The van der Waals surface area contributed by atoms with Crippen molar-refractivity contribution in [3.63, 3.8) is 0 Å². The summed E-state index contributed by atoms with van der Waals surface area (Å²) in [6.45, 7) is 1.94. The number of anilines is 1. The summed E-state index contributed by atoms with van der Waals surface area (Å²) in [7, 11) is 0. The summed E-state index contributed by atoms with van der Waals surface area (Å²) in [4.78, 5) is 59.7. The van der Waals surface area contributed by atoms with Crippen LogP contribution in [0.1, 0.15) is 46.9 Å². The van der Waals surface area contributed by atoms with Crippen molar-refractivity contribution in [2.45, 2.75) is 32.3 Å². The van der Waals surface area contributed by atoms with Gasteiger partial charge < -0.3 is 4.74 Å². The smallest absolute Gasteiger partial charge is 0.339 e. The van der Waals surface area contributed by atoms with Gasteiger partial charge in [0, 0.05) is 21.0 Å². The Morgan fingerprint density at radius 3 is 2.27 bits per heavy atom. The molecule has 220 valence electrons. The summed E-state index contributed by atoms with van der Waals surface area (Å²) >= 11 is 3.49. The number of rotatable bonds is 8. The van der Waals surface area contributed by atoms with Crippen LogP contribution in [0.4, 0.5) is 5.69 Å². The largest absolute Gasteiger partial charge is 0.450 e. The second kappa shape index (κ2) is 11.2. The maximum Gasteiger partial charge on any atom is 0.339 e. The number of pyridine rings is 1. The summed E-state index contributed by atoms with van der Waals surface area (Å²) in [6, 6.07) is 23.1. The number of fused-ring (bicyclic) bond motifs is 6. The average Bonchev–Trinajstić information content (AvgIpc) is 3.74. The number of halogens is 1. The third kappa shape index (κ3) is 4.78. The van der Waals surface area contributed by atoms with E-state index in [0.29, 0.717) is 46.3 Å². The number of aromatic nitrogens is 1. The van der Waals surface area contributed by atoms with Crippen molar-refractivity contribution >= 4 is 56.1 Å². The van der Waals surface area contributed by atoms with E-state index in [2.05, 4.69) is 28.1 Å². The predicted molar refractivity (Wildman–Crippen MR) is 170 cm³/mol. The molecular weight excluding hydrogens is 620 g/mol. The fourth-order valence-corrected chi connectivity index (χ4v) is 7.30. The highest BCUT2D eigenvalue weighted by Crippen LogP contribution is 2.53. The van der Waals surface area contributed by atoms with Gasteiger partial charge in [0.15, 0.2) is 6.10 Å². The second-order valence-corrected chi connectivity index (χ2v) is 12.6. The molecule has 8 heteroatoms. The van der Waals surface area contributed by atoms with E-state index in [1.807, 2.05) is 31.2 Å². The summed E-state index contributed by atoms with van der Waals surface area (Å²) < 4.78 is 6.66. The van der Waals surface area contributed by atoms with Gasteiger partial charge in [-0.2, -0.15) is 0 Å². The van der Waals surface area contributed by atoms with E-state index in [0.717, 1.165) is 10.9 Å². The molecule has 5 unspecified atom stereocenters. The number of carbonyl (C=O) groups is 4. The highest BCUT2D eigenvalue weighted by atomic mass is 79.9. The van der Waals surface area contributed by atoms with Crippen LogP contribution in [0.15, 0.2) is 95.5 Å². The Kier molecular flexibility index (Phi) is 7.25. The van der Waals surface area contributed by atoms with Gasteiger partial charge in [0.1, 0.15) is 0 Å². The van der Waals surface area contributed by atoms with Crippen LogP contribution < -0.4 is 4.90 Å². The lowest BCUT2D eigenvalue weighted by atomic mass is 9.85. The monoisotopic (exact) mass is 648 g/mol. The van der Waals surface area contributed by atoms with E-state index in [1.54, 1.807) is 54.6 Å². The molecule has 1 aromatic heterocycles. The van der Waals surface area contributed by atoms with Gasteiger partial charge in [0.25, 0.3) is 0 Å². The van der Waals surface area contributed by atoms with Crippen LogP contribution in [0.2, 0.25) is 0 Å². The lowest BCUT2D eigenvalue weighted by molar-refractivity contribution is -0.123. The van der Waals surface area contributed by atoms with Crippen molar-refractivity contribution in [3.05, 3.63) is 107 Å². The van der Waals surface area contributed by atoms with Gasteiger partial charge in [-0.25, -0.2) is 9.78 Å². The number of amides is 2. The highest BCUT2D eigenvalue weighted by molar-refractivity contribution is 9.10. The van der Waals surface area contributed by atoms with Crippen molar-refractivity contribution in [3.8, 4) is 11.3 Å². The number of ketones is 1. The van der Waals surface area contributed by atoms with Crippen LogP contribution in [0, 0.1) is 23.7 Å². The average molecular weight is 650 g/mol. The van der Waals surface area contributed by atoms with Gasteiger partial charge in [-0.05, 0) is 61.1 Å². The molecular formula is C36H29BrN2O5. The molecule has 2 fully saturated rings. The molecule has 7 rings (SSSR count). The number of hydrogen-bond donors (Lipinski definition) is 0. The number of esters is 1. The third-order valence-corrected chi connectivity index (χ3v) is 9.53. The van der Waals surface area contributed by atoms with Crippen LogP contribution in [0.25, 0.3) is 22.2 Å². The first-order valence-corrected chi connectivity index (χ1v) is 15.7. The third-order valence-electron chi connectivity index (χ3n) is 9.03. The fourth-order valence-electron chi connectivity index (χ4n) is 6.94. The van der Waals surface area contributed by atoms with Crippen molar-refractivity contribution in [1.82, 2.24) is 4.98 Å². The number of allylic oxidation sites excluding steroid dienone is 2. The molecule has 5 atom stereocenters. The van der Waals surface area contributed by atoms with Crippen molar-refractivity contribution in [1.29, 1.82) is 0 Å². The first-order valence-electron chi connectivity index (χ1n) is 14.9. The summed E-state index contributed by atoms with van der Waals surface area (Å²) in [5.41, 5.74) is 3.13. The molecule has 2 bridgehead atoms. The molecule has 3 aromatic carbocycles. The zero-order chi connectivity index (χ0) is 30.5. The van der Waals surface area contributed by atoms with E-state index in [4.69, 9.17) is 9.72 Å². The van der Waals surface area contributed by atoms with Gasteiger partial charge in [0.2, 0.25) is 17.6 Å². The number of carbonyl (C=O) groups excluding carboxylic acids is 4. The molecule has 1 aliphatic heterocycles. The lowest BCUT2D eigenvalue weighted by Crippen LogP contribution is -2.32. The molecule has 2 amide bonds. The second-order valence-electron chi connectivity index (χ2n) is 11.7. The van der Waals surface area contributed by atoms with Gasteiger partial charge in [-0.1, -0.05) is 83.9 Å². The Balaban J connectivity index is 1.20. The van der Waals surface area contributed by atoms with Crippen LogP contribution >= 0.6 is 15.9 Å². The standard InChI is InChI=1S/C36H29BrN2O5/c1-2-6-30(33(40)21-7-4-3-5-8-21)44-36(43)27-19-29(38-28-16-13-24(37)18-26(27)28)20-11-14-25(15-12-20)39-34(41)31-22-9-10-23(17-22)32(31)35(39)42/h3-5,7-16,18-19,22-23,30-32H,2,6,17H2,1H3. The van der Waals surface area contributed by atoms with Gasteiger partial charge in [-0.3, -0.25) is 19.3 Å². The summed E-state index contributed by atoms with van der Waals surface area (Å²) in [6.07, 6.45) is 5.18. The van der Waals surface area contributed by atoms with E-state index >= 15 is 0 Å². The topological polar surface area (TPSA) is 93.6 Å². The Hall–Kier alpha value is -4.43. The molecule has 3 aliphatic rings. The van der Waals surface area contributed by atoms with E-state index in [1.165, 1.54) is 4.90 Å². The van der Waals surface area contributed by atoms with Crippen molar-refractivity contribution in [2.75, 3.05) is 4.90 Å². The molecule has 2 aliphatic carbocycles. The molecule has 1 saturated heterocycles. The number of nitrogens with zero attached hydrogens (tertiary/aromatic N) is 2. The molecule has 2 heterocycles. The Bertz CT molecular complexity index is 1820. The number of hydrogen-bond acceptors (Lipinski definition) is 6. The molecule has 0 radical (unpaired) electrons. The van der Waals surface area contributed by atoms with Crippen LogP contribution in [0.5, 0.6) is 0 Å². The molecule has 7 nitrogen and oxygen atoms in total. The van der Waals surface area contributed by atoms with Crippen molar-refractivity contribution in [2.24, 2.45) is 23.7 Å². The first kappa shape index (κ1) is 28.3. The zero-order valence-electron chi connectivity index (χ0n) is 24.0. The van der Waals surface area contributed by atoms with Gasteiger partial charge >= 0.3 is 5.97 Å². The van der Waals surface area contributed by atoms with Crippen molar-refractivity contribution < 1.29 is 23.9 Å². The molecule has 4 aromatic rings. The predicted octanol–water partition coefficient (Wildman–Crippen LogP) is 7.18. The quantitative estimate of drug-likeness (QED) is 0.0869. The summed E-state index contributed by atoms with van der Waals surface area (Å²) in [5.74, 6) is -1.35. The Morgan fingerprint density at radius 1 is 0.932 bits per heavy atom. The minimum atomic E-state index is -0.923. The maximum atomic E-state index is 13.7. The minimum Gasteiger partial charge on any atom is -0.450 e. The highest BCUT2D eigenvalue weighted by Gasteiger charge is 2.59. The summed E-state index contributed by atoms with van der Waals surface area (Å²) in [5, 5.41) is 0.593. The van der Waals surface area contributed by atoms with Gasteiger partial charge in [0.05, 0.1) is 34.3 Å². The molecule has 0 N–H and O–H groups in total. The maximum absolute atomic E-state index is 13.7. The van der Waals surface area contributed by atoms with E-state index in [9.17, 15) is 19.2 Å². The van der Waals surface area contributed by atoms with Crippen LogP contribution in [-0.4, -0.2) is 34.7 Å². The Labute approximate surface area is 263 Å². The number of ether oxygens (including phenoxy) is 1. The van der Waals surface area contributed by atoms with Crippen LogP contribution in [-0.2, 0) is 14.3 Å². The number of imide groups is 1. The Morgan fingerprint density at radius 2 is 1.61 bits per heavy atom. The van der Waals surface area contributed by atoms with E-state index in [-0.39, 0.29) is 46.8 Å². The van der Waals surface area contributed by atoms with Crippen LogP contribution in [0.3, 0.4) is 0 Å². The minimum absolute atomic E-state index is 0.129. The number of benzene rings is 3. The van der Waals surface area contributed by atoms with E-state index < -0.39 is 12.1 Å². The number of Topliss-reactive ketones (excluding diaryl/α,β-unsaturated/α-hetero) is 1. The first-order chi connectivity index (χ1) is 21.3.